The lowest BCUT2D eigenvalue weighted by molar-refractivity contribution is -0.132. The third-order valence-electron chi connectivity index (χ3n) is 3.82. The molecule has 2 amide bonds. The molecule has 6 nitrogen and oxygen atoms in total. The Kier molecular flexibility index (Phi) is 4.88. The van der Waals surface area contributed by atoms with Crippen LogP contribution in [0, 0.1) is 12.8 Å². The van der Waals surface area contributed by atoms with Crippen LogP contribution in [0.1, 0.15) is 48.2 Å². The third-order valence-corrected chi connectivity index (χ3v) is 3.82. The van der Waals surface area contributed by atoms with E-state index in [4.69, 9.17) is 5.73 Å². The van der Waals surface area contributed by atoms with E-state index < -0.39 is 5.91 Å². The molecule has 1 aromatic heterocycles. The number of primary amides is 1. The molecule has 2 N–H and O–H groups in total. The molecule has 1 aliphatic rings. The maximum atomic E-state index is 11.8. The van der Waals surface area contributed by atoms with Crippen molar-refractivity contribution in [2.75, 3.05) is 13.1 Å². The fourth-order valence-electron chi connectivity index (χ4n) is 2.84. The lowest BCUT2D eigenvalue weighted by Gasteiger charge is -2.32. The van der Waals surface area contributed by atoms with Gasteiger partial charge >= 0.3 is 0 Å². The Bertz CT molecular complexity index is 544. The normalized spacial score (nSPS) is 18.6. The SMILES string of the molecule is CCC(=O)N1CCC[C@H](Cc2cc(C(N)=O)nc(C)n2)C1. The first-order valence-electron chi connectivity index (χ1n) is 7.41. The summed E-state index contributed by atoms with van der Waals surface area (Å²) in [6.07, 6.45) is 3.38. The van der Waals surface area contributed by atoms with Crippen LogP contribution in [-0.4, -0.2) is 39.8 Å². The van der Waals surface area contributed by atoms with E-state index in [0.717, 1.165) is 38.0 Å². The highest BCUT2D eigenvalue weighted by Crippen LogP contribution is 2.21. The molecule has 0 bridgehead atoms. The predicted octanol–water partition coefficient (Wildman–Crippen LogP) is 1.08. The van der Waals surface area contributed by atoms with Gasteiger partial charge < -0.3 is 10.6 Å². The van der Waals surface area contributed by atoms with Crippen LogP contribution >= 0.6 is 0 Å². The van der Waals surface area contributed by atoms with E-state index in [1.165, 1.54) is 0 Å². The highest BCUT2D eigenvalue weighted by atomic mass is 16.2. The van der Waals surface area contributed by atoms with Gasteiger partial charge in [0, 0.05) is 25.2 Å². The zero-order valence-electron chi connectivity index (χ0n) is 12.6. The second-order valence-electron chi connectivity index (χ2n) is 5.56. The van der Waals surface area contributed by atoms with Crippen molar-refractivity contribution in [3.05, 3.63) is 23.3 Å². The van der Waals surface area contributed by atoms with E-state index >= 15 is 0 Å². The van der Waals surface area contributed by atoms with Crippen LogP contribution in [0.3, 0.4) is 0 Å². The second-order valence-corrected chi connectivity index (χ2v) is 5.56. The van der Waals surface area contributed by atoms with E-state index in [2.05, 4.69) is 9.97 Å². The topological polar surface area (TPSA) is 89.2 Å². The molecule has 2 rings (SSSR count). The van der Waals surface area contributed by atoms with Crippen LogP contribution in [0.2, 0.25) is 0 Å². The molecule has 0 radical (unpaired) electrons. The number of carbonyl (C=O) groups is 2. The Hall–Kier alpha value is -1.98. The van der Waals surface area contributed by atoms with Crippen molar-refractivity contribution in [2.24, 2.45) is 11.7 Å². The molecular weight excluding hydrogens is 268 g/mol. The monoisotopic (exact) mass is 290 g/mol. The van der Waals surface area contributed by atoms with Gasteiger partial charge in [0.05, 0.1) is 0 Å². The van der Waals surface area contributed by atoms with Crippen LogP contribution < -0.4 is 5.73 Å². The number of nitrogens with zero attached hydrogens (tertiary/aromatic N) is 3. The average Bonchev–Trinajstić information content (AvgIpc) is 2.46. The van der Waals surface area contributed by atoms with Crippen LogP contribution in [0.5, 0.6) is 0 Å². The molecule has 1 saturated heterocycles. The summed E-state index contributed by atoms with van der Waals surface area (Å²) in [5, 5.41) is 0. The number of piperidine rings is 1. The summed E-state index contributed by atoms with van der Waals surface area (Å²) in [5.41, 5.74) is 6.37. The van der Waals surface area contributed by atoms with E-state index in [0.29, 0.717) is 18.2 Å². The molecule has 0 spiro atoms. The Morgan fingerprint density at radius 1 is 1.43 bits per heavy atom. The fourth-order valence-corrected chi connectivity index (χ4v) is 2.84. The van der Waals surface area contributed by atoms with Crippen molar-refractivity contribution >= 4 is 11.8 Å². The van der Waals surface area contributed by atoms with Crippen LogP contribution in [0.15, 0.2) is 6.07 Å². The molecule has 0 saturated carbocycles. The van der Waals surface area contributed by atoms with Crippen molar-refractivity contribution < 1.29 is 9.59 Å². The van der Waals surface area contributed by atoms with Gasteiger partial charge in [-0.3, -0.25) is 9.59 Å². The summed E-state index contributed by atoms with van der Waals surface area (Å²) in [6, 6.07) is 1.66. The number of aromatic nitrogens is 2. The summed E-state index contributed by atoms with van der Waals surface area (Å²) in [6.45, 7) is 5.25. The van der Waals surface area contributed by atoms with Gasteiger partial charge in [0.25, 0.3) is 5.91 Å². The van der Waals surface area contributed by atoms with E-state index in [1.54, 1.807) is 13.0 Å². The van der Waals surface area contributed by atoms with E-state index in [-0.39, 0.29) is 11.6 Å². The quantitative estimate of drug-likeness (QED) is 0.898. The average molecular weight is 290 g/mol. The number of hydrogen-bond acceptors (Lipinski definition) is 4. The Labute approximate surface area is 124 Å². The number of amides is 2. The van der Waals surface area contributed by atoms with Crippen molar-refractivity contribution in [2.45, 2.75) is 39.5 Å². The van der Waals surface area contributed by atoms with Crippen molar-refractivity contribution in [1.29, 1.82) is 0 Å². The summed E-state index contributed by atoms with van der Waals surface area (Å²) in [4.78, 5) is 33.4. The van der Waals surface area contributed by atoms with Gasteiger partial charge in [0.2, 0.25) is 5.91 Å². The zero-order chi connectivity index (χ0) is 15.4. The van der Waals surface area contributed by atoms with E-state index in [9.17, 15) is 9.59 Å². The first-order valence-corrected chi connectivity index (χ1v) is 7.41. The molecular formula is C15H22N4O2. The first-order chi connectivity index (χ1) is 9.99. The largest absolute Gasteiger partial charge is 0.364 e. The van der Waals surface area contributed by atoms with Crippen molar-refractivity contribution in [3.8, 4) is 0 Å². The highest BCUT2D eigenvalue weighted by molar-refractivity contribution is 5.90. The maximum Gasteiger partial charge on any atom is 0.267 e. The van der Waals surface area contributed by atoms with Gasteiger partial charge in [-0.2, -0.15) is 0 Å². The van der Waals surface area contributed by atoms with E-state index in [1.807, 2.05) is 11.8 Å². The van der Waals surface area contributed by atoms with Crippen molar-refractivity contribution in [1.82, 2.24) is 14.9 Å². The molecule has 2 heterocycles. The van der Waals surface area contributed by atoms with Gasteiger partial charge in [0.15, 0.2) is 0 Å². The summed E-state index contributed by atoms with van der Waals surface area (Å²) < 4.78 is 0. The minimum atomic E-state index is -0.534. The molecule has 1 aliphatic heterocycles. The number of rotatable bonds is 4. The zero-order valence-corrected chi connectivity index (χ0v) is 12.6. The molecule has 0 aliphatic carbocycles. The molecule has 1 fully saturated rings. The maximum absolute atomic E-state index is 11.8. The molecule has 6 heteroatoms. The molecule has 1 atom stereocenters. The van der Waals surface area contributed by atoms with Gasteiger partial charge in [0.1, 0.15) is 11.5 Å². The number of nitrogens with two attached hydrogens (primary N) is 1. The summed E-state index contributed by atoms with van der Waals surface area (Å²) in [7, 11) is 0. The minimum absolute atomic E-state index is 0.205. The molecule has 114 valence electrons. The number of carbonyl (C=O) groups excluding carboxylic acids is 2. The molecule has 21 heavy (non-hydrogen) atoms. The minimum Gasteiger partial charge on any atom is -0.364 e. The van der Waals surface area contributed by atoms with Crippen LogP contribution in [0.4, 0.5) is 0 Å². The fraction of sp³-hybridized carbons (Fsp3) is 0.600. The lowest BCUT2D eigenvalue weighted by Crippen LogP contribution is -2.40. The Balaban J connectivity index is 2.07. The van der Waals surface area contributed by atoms with Gasteiger partial charge in [-0.25, -0.2) is 9.97 Å². The summed E-state index contributed by atoms with van der Waals surface area (Å²) in [5.74, 6) is 0.604. The second kappa shape index (κ2) is 6.65. The standard InChI is InChI=1S/C15H22N4O2/c1-3-14(20)19-6-4-5-11(9-19)7-12-8-13(15(16)21)18-10(2)17-12/h8,11H,3-7,9H2,1-2H3,(H2,16,21)/t11-/m1/s1. The van der Waals surface area contributed by atoms with Crippen molar-refractivity contribution in [3.63, 3.8) is 0 Å². The number of aryl methyl sites for hydroxylation is 1. The molecule has 0 aromatic carbocycles. The van der Waals surface area contributed by atoms with Gasteiger partial charge in [-0.15, -0.1) is 0 Å². The first kappa shape index (κ1) is 15.4. The number of likely N-dealkylation sites (tertiary alicyclic amines) is 1. The van der Waals surface area contributed by atoms with Crippen LogP contribution in [-0.2, 0) is 11.2 Å². The smallest absolute Gasteiger partial charge is 0.267 e. The van der Waals surface area contributed by atoms with Gasteiger partial charge in [-0.1, -0.05) is 6.92 Å². The Morgan fingerprint density at radius 3 is 2.86 bits per heavy atom. The third kappa shape index (κ3) is 4.00. The Morgan fingerprint density at radius 2 is 2.19 bits per heavy atom. The van der Waals surface area contributed by atoms with Gasteiger partial charge in [-0.05, 0) is 38.2 Å². The lowest BCUT2D eigenvalue weighted by atomic mass is 9.93. The number of hydrogen-bond donors (Lipinski definition) is 1. The summed E-state index contributed by atoms with van der Waals surface area (Å²) >= 11 is 0. The molecule has 0 unspecified atom stereocenters. The highest BCUT2D eigenvalue weighted by Gasteiger charge is 2.23. The van der Waals surface area contributed by atoms with Crippen LogP contribution in [0.25, 0.3) is 0 Å². The predicted molar refractivity (Wildman–Crippen MR) is 78.6 cm³/mol. The molecule has 1 aromatic rings.